The standard InChI is InChI=1S/C38H26N3S.C13H12N.Ir/c1-26-22-30(27-12-4-2-5-13-27)37(31(23-26)28-14-6-3-7-15-28)41-35-17-9-8-16-34(35)39-38(41)33-25-42-36-19-18-29(24-32(33)36)40-20-10-11-21-40;1-10-3-6-12(7-4-10)13-8-5-11(2)9-14-13;/h2-24H,1H3;3-6,8-9H,1-2H3;/q2*-1;/i;1D3,2D3;. The van der Waals surface area contributed by atoms with E-state index in [1.807, 2.05) is 0 Å². The Morgan fingerprint density at radius 3 is 2.00 bits per heavy atom. The van der Waals surface area contributed by atoms with Crippen molar-refractivity contribution in [3.8, 4) is 56.3 Å². The fourth-order valence-corrected chi connectivity index (χ4v) is 7.87. The van der Waals surface area contributed by atoms with Gasteiger partial charge in [0.25, 0.3) is 0 Å². The van der Waals surface area contributed by atoms with E-state index in [1.165, 1.54) is 56.9 Å². The van der Waals surface area contributed by atoms with Gasteiger partial charge in [-0.3, -0.25) is 16.3 Å². The molecule has 0 spiro atoms. The van der Waals surface area contributed by atoms with Crippen molar-refractivity contribution >= 4 is 32.5 Å². The number of aromatic nitrogens is 4. The van der Waals surface area contributed by atoms with Crippen LogP contribution in [0.4, 0.5) is 0 Å². The van der Waals surface area contributed by atoms with Crippen molar-refractivity contribution in [2.24, 2.45) is 0 Å². The molecule has 6 aromatic carbocycles. The average Bonchev–Trinajstić information content (AvgIpc) is 4.06. The minimum absolute atomic E-state index is 0. The number of imidazole rings is 1. The quantitative estimate of drug-likeness (QED) is 0.156. The molecule has 4 nitrogen and oxygen atoms in total. The average molecular weight is 937 g/mol. The van der Waals surface area contributed by atoms with Crippen LogP contribution in [0.1, 0.15) is 24.9 Å². The molecule has 10 rings (SSSR count). The predicted octanol–water partition coefficient (Wildman–Crippen LogP) is 13.3. The monoisotopic (exact) mass is 937 g/mol. The molecule has 4 heterocycles. The van der Waals surface area contributed by atoms with Gasteiger partial charge in [-0.05, 0) is 84.2 Å². The Kier molecular flexibility index (Phi) is 8.97. The summed E-state index contributed by atoms with van der Waals surface area (Å²) < 4.78 is 49.3. The molecule has 4 aromatic heterocycles. The summed E-state index contributed by atoms with van der Waals surface area (Å²) in [6.07, 6.45) is 5.46. The largest absolute Gasteiger partial charge is 0.332 e. The zero-order chi connectivity index (χ0) is 43.0. The van der Waals surface area contributed by atoms with E-state index in [-0.39, 0.29) is 31.2 Å². The summed E-state index contributed by atoms with van der Waals surface area (Å²) in [6.45, 7) is -2.16. The number of thiophene rings is 1. The molecule has 0 saturated heterocycles. The molecule has 10 aromatic rings. The number of benzene rings is 6. The minimum atomic E-state index is -2.18. The SMILES string of the molecule is Cc1cc(-c2ccccc2)c(-n2c(-c3[c-]sc4ccc(-n5cccc5)cc34)nc3ccccc32)c(-c2ccccc2)c1.[2H]C([2H])([2H])c1c[c-]c(-c2ccc(C([2H])([2H])[2H])cn2)cc1.[Ir]. The number of hydrogen-bond donors (Lipinski definition) is 0. The van der Waals surface area contributed by atoms with Crippen molar-refractivity contribution in [2.45, 2.75) is 20.6 Å². The maximum atomic E-state index is 7.28. The smallest absolute Gasteiger partial charge is 0.0774 e. The van der Waals surface area contributed by atoms with Gasteiger partial charge in [-0.1, -0.05) is 120 Å². The van der Waals surface area contributed by atoms with Crippen molar-refractivity contribution in [3.63, 3.8) is 0 Å². The van der Waals surface area contributed by atoms with Crippen molar-refractivity contribution in [1.82, 2.24) is 19.1 Å². The molecule has 0 aliphatic carbocycles. The maximum Gasteiger partial charge on any atom is 0.0774 e. The number of hydrogen-bond acceptors (Lipinski definition) is 3. The van der Waals surface area contributed by atoms with Crippen molar-refractivity contribution in [1.29, 1.82) is 0 Å². The van der Waals surface area contributed by atoms with Crippen LogP contribution in [0.5, 0.6) is 0 Å². The molecular formula is C51H38IrN4S-2. The molecule has 0 bridgehead atoms. The molecule has 279 valence electrons. The van der Waals surface area contributed by atoms with Gasteiger partial charge in [-0.15, -0.1) is 40.8 Å². The molecule has 57 heavy (non-hydrogen) atoms. The zero-order valence-electron chi connectivity index (χ0n) is 36.8. The summed E-state index contributed by atoms with van der Waals surface area (Å²) in [5.74, 6) is 0.894. The molecule has 6 heteroatoms. The molecule has 0 aliphatic rings. The summed E-state index contributed by atoms with van der Waals surface area (Å²) in [5.41, 5.74) is 12.7. The second-order valence-corrected chi connectivity index (χ2v) is 14.3. The van der Waals surface area contributed by atoms with Crippen molar-refractivity contribution < 1.29 is 28.3 Å². The Hall–Kier alpha value is -6.17. The molecule has 0 atom stereocenters. The number of pyridine rings is 1. The fourth-order valence-electron chi connectivity index (χ4n) is 7.05. The summed E-state index contributed by atoms with van der Waals surface area (Å²) in [6, 6.07) is 55.6. The third-order valence-electron chi connectivity index (χ3n) is 9.68. The van der Waals surface area contributed by atoms with Crippen LogP contribution in [-0.4, -0.2) is 19.1 Å². The van der Waals surface area contributed by atoms with E-state index in [9.17, 15) is 0 Å². The molecule has 1 radical (unpaired) electrons. The third-order valence-corrected chi connectivity index (χ3v) is 10.6. The van der Waals surface area contributed by atoms with E-state index < -0.39 is 13.7 Å². The van der Waals surface area contributed by atoms with Gasteiger partial charge in [-0.2, -0.15) is 0 Å². The Morgan fingerprint density at radius 2 is 1.35 bits per heavy atom. The Balaban J connectivity index is 0.000000219. The van der Waals surface area contributed by atoms with E-state index in [0.717, 1.165) is 39.2 Å². The third kappa shape index (κ3) is 7.68. The van der Waals surface area contributed by atoms with Gasteiger partial charge >= 0.3 is 0 Å². The van der Waals surface area contributed by atoms with Crippen LogP contribution in [0, 0.1) is 32.1 Å². The first-order valence-electron chi connectivity index (χ1n) is 21.2. The molecular weight excluding hydrogens is 893 g/mol. The van der Waals surface area contributed by atoms with Gasteiger partial charge in [0.15, 0.2) is 0 Å². The summed E-state index contributed by atoms with van der Waals surface area (Å²) in [4.78, 5) is 9.37. The predicted molar refractivity (Wildman–Crippen MR) is 234 cm³/mol. The number of nitrogens with zero attached hydrogens (tertiary/aromatic N) is 4. The van der Waals surface area contributed by atoms with Crippen LogP contribution in [-0.2, 0) is 20.1 Å². The van der Waals surface area contributed by atoms with Gasteiger partial charge in [0.2, 0.25) is 0 Å². The summed E-state index contributed by atoms with van der Waals surface area (Å²) >= 11 is 1.64. The fraction of sp³-hybridized carbons (Fsp3) is 0.0588. The van der Waals surface area contributed by atoms with Crippen LogP contribution in [0.25, 0.3) is 77.4 Å². The molecule has 0 amide bonds. The summed E-state index contributed by atoms with van der Waals surface area (Å²) in [7, 11) is 0. The minimum Gasteiger partial charge on any atom is -0.332 e. The van der Waals surface area contributed by atoms with Crippen molar-refractivity contribution in [2.75, 3.05) is 0 Å². The van der Waals surface area contributed by atoms with E-state index >= 15 is 0 Å². The van der Waals surface area contributed by atoms with Gasteiger partial charge < -0.3 is 14.1 Å². The van der Waals surface area contributed by atoms with Gasteiger partial charge in [-0.25, -0.2) is 0 Å². The van der Waals surface area contributed by atoms with Gasteiger partial charge in [0, 0.05) is 63.7 Å². The molecule has 0 N–H and O–H groups in total. The van der Waals surface area contributed by atoms with E-state index in [2.05, 4.69) is 172 Å². The maximum absolute atomic E-state index is 7.28. The van der Waals surface area contributed by atoms with E-state index in [1.54, 1.807) is 23.5 Å². The van der Waals surface area contributed by atoms with Crippen LogP contribution in [0.3, 0.4) is 0 Å². The van der Waals surface area contributed by atoms with Crippen LogP contribution in [0.15, 0.2) is 176 Å². The van der Waals surface area contributed by atoms with Gasteiger partial charge in [0.1, 0.15) is 0 Å². The Labute approximate surface area is 359 Å². The molecule has 0 aliphatic heterocycles. The molecule has 0 fully saturated rings. The van der Waals surface area contributed by atoms with Crippen molar-refractivity contribution in [3.05, 3.63) is 204 Å². The molecule has 0 saturated carbocycles. The normalized spacial score (nSPS) is 12.9. The first kappa shape index (κ1) is 31.0. The summed E-state index contributed by atoms with van der Waals surface area (Å²) in [5, 5.41) is 4.80. The number of rotatable bonds is 6. The van der Waals surface area contributed by atoms with E-state index in [4.69, 9.17) is 13.2 Å². The number of fused-ring (bicyclic) bond motifs is 2. The second kappa shape index (κ2) is 16.5. The van der Waals surface area contributed by atoms with Crippen LogP contribution < -0.4 is 0 Å². The van der Waals surface area contributed by atoms with Crippen LogP contribution >= 0.6 is 11.3 Å². The second-order valence-electron chi connectivity index (χ2n) is 13.5. The first-order chi connectivity index (χ1) is 29.9. The number of para-hydroxylation sites is 2. The van der Waals surface area contributed by atoms with Gasteiger partial charge in [0.05, 0.1) is 22.5 Å². The Bertz CT molecular complexity index is 3020. The van der Waals surface area contributed by atoms with E-state index in [0.29, 0.717) is 11.3 Å². The zero-order valence-corrected chi connectivity index (χ0v) is 34.0. The topological polar surface area (TPSA) is 35.6 Å². The van der Waals surface area contributed by atoms with Crippen LogP contribution in [0.2, 0.25) is 0 Å². The number of aryl methyl sites for hydroxylation is 3. The first-order valence-corrected chi connectivity index (χ1v) is 19.0. The molecule has 0 unspecified atom stereocenters. The Morgan fingerprint density at radius 1 is 0.667 bits per heavy atom.